The molecule has 154 valence electrons. The summed E-state index contributed by atoms with van der Waals surface area (Å²) in [7, 11) is 0. The number of carbonyl (C=O) groups excluding carboxylic acids is 2. The van der Waals surface area contributed by atoms with E-state index in [1.807, 2.05) is 4.90 Å². The first-order valence-electron chi connectivity index (χ1n) is 9.02. The van der Waals surface area contributed by atoms with Crippen LogP contribution in [0, 0.1) is 17.5 Å². The molecule has 1 aliphatic rings. The van der Waals surface area contributed by atoms with Crippen molar-refractivity contribution in [2.75, 3.05) is 38.1 Å². The van der Waals surface area contributed by atoms with Crippen molar-refractivity contribution >= 4 is 17.5 Å². The Hall–Kier alpha value is -2.91. The molecule has 1 heterocycles. The van der Waals surface area contributed by atoms with Crippen molar-refractivity contribution in [3.05, 3.63) is 65.5 Å². The Kier molecular flexibility index (Phi) is 6.84. The summed E-state index contributed by atoms with van der Waals surface area (Å²) < 4.78 is 44.8. The Balaban J connectivity index is 1.44. The van der Waals surface area contributed by atoms with Gasteiger partial charge in [-0.15, -0.1) is 0 Å². The van der Waals surface area contributed by atoms with Gasteiger partial charge in [0.1, 0.15) is 5.82 Å². The van der Waals surface area contributed by atoms with Crippen LogP contribution in [0.1, 0.15) is 11.7 Å². The zero-order valence-electron chi connectivity index (χ0n) is 15.5. The Morgan fingerprint density at radius 3 is 2.52 bits per heavy atom. The molecule has 1 aliphatic heterocycles. The monoisotopic (exact) mass is 407 g/mol. The lowest BCUT2D eigenvalue weighted by molar-refractivity contribution is -0.126. The second kappa shape index (κ2) is 9.53. The third kappa shape index (κ3) is 6.03. The number of anilines is 1. The molecule has 2 aromatic carbocycles. The molecule has 1 fully saturated rings. The number of nitrogens with zero attached hydrogens (tertiary/aromatic N) is 1. The second-order valence-electron chi connectivity index (χ2n) is 6.60. The van der Waals surface area contributed by atoms with Crippen LogP contribution in [0.5, 0.6) is 0 Å². The summed E-state index contributed by atoms with van der Waals surface area (Å²) in [6.07, 6.45) is -0.270. The largest absolute Gasteiger partial charge is 0.371 e. The summed E-state index contributed by atoms with van der Waals surface area (Å²) in [5.41, 5.74) is 0.917. The molecule has 0 saturated carbocycles. The van der Waals surface area contributed by atoms with E-state index < -0.39 is 17.5 Å². The van der Waals surface area contributed by atoms with Crippen molar-refractivity contribution in [3.63, 3.8) is 0 Å². The first-order chi connectivity index (χ1) is 13.9. The maximum absolute atomic E-state index is 13.1. The lowest BCUT2D eigenvalue weighted by Crippen LogP contribution is -2.45. The van der Waals surface area contributed by atoms with Crippen LogP contribution in [-0.2, 0) is 14.3 Å². The first kappa shape index (κ1) is 20.8. The summed E-state index contributed by atoms with van der Waals surface area (Å²) >= 11 is 0. The predicted molar refractivity (Wildman–Crippen MR) is 99.5 cm³/mol. The van der Waals surface area contributed by atoms with Gasteiger partial charge >= 0.3 is 0 Å². The van der Waals surface area contributed by atoms with Gasteiger partial charge in [-0.2, -0.15) is 0 Å². The van der Waals surface area contributed by atoms with E-state index in [2.05, 4.69) is 10.6 Å². The molecular formula is C20H20F3N3O3. The molecule has 0 radical (unpaired) electrons. The van der Waals surface area contributed by atoms with E-state index in [0.717, 1.165) is 17.7 Å². The molecule has 1 unspecified atom stereocenters. The third-order valence-corrected chi connectivity index (χ3v) is 4.41. The van der Waals surface area contributed by atoms with Gasteiger partial charge in [-0.3, -0.25) is 14.5 Å². The number of hydrogen-bond donors (Lipinski definition) is 2. The van der Waals surface area contributed by atoms with Gasteiger partial charge in [0, 0.05) is 24.8 Å². The van der Waals surface area contributed by atoms with Crippen LogP contribution in [0.2, 0.25) is 0 Å². The van der Waals surface area contributed by atoms with Crippen LogP contribution < -0.4 is 10.6 Å². The van der Waals surface area contributed by atoms with E-state index in [1.54, 1.807) is 12.1 Å². The van der Waals surface area contributed by atoms with Gasteiger partial charge in [-0.25, -0.2) is 13.2 Å². The summed E-state index contributed by atoms with van der Waals surface area (Å²) in [6.45, 7) is 1.20. The Bertz CT molecular complexity index is 877. The smallest absolute Gasteiger partial charge is 0.243 e. The highest BCUT2D eigenvalue weighted by Crippen LogP contribution is 2.22. The second-order valence-corrected chi connectivity index (χ2v) is 6.60. The Morgan fingerprint density at radius 2 is 1.79 bits per heavy atom. The number of ether oxygens (including phenoxy) is 1. The van der Waals surface area contributed by atoms with Gasteiger partial charge in [0.05, 0.1) is 25.8 Å². The minimum atomic E-state index is -1.07. The SMILES string of the molecule is O=C(CN1CCOC(c2ccc(F)cc2)C1)NCC(=O)Nc1ccc(F)c(F)c1. The van der Waals surface area contributed by atoms with Gasteiger partial charge in [0.2, 0.25) is 11.8 Å². The fourth-order valence-electron chi connectivity index (χ4n) is 2.94. The van der Waals surface area contributed by atoms with Gasteiger partial charge in [0.25, 0.3) is 0 Å². The Morgan fingerprint density at radius 1 is 1.03 bits per heavy atom. The number of morpholine rings is 1. The van der Waals surface area contributed by atoms with Gasteiger partial charge in [0.15, 0.2) is 11.6 Å². The van der Waals surface area contributed by atoms with Crippen LogP contribution in [0.4, 0.5) is 18.9 Å². The number of amides is 2. The number of nitrogens with one attached hydrogen (secondary N) is 2. The number of halogens is 3. The van der Waals surface area contributed by atoms with E-state index in [4.69, 9.17) is 4.74 Å². The van der Waals surface area contributed by atoms with Crippen LogP contribution in [0.3, 0.4) is 0 Å². The highest BCUT2D eigenvalue weighted by atomic mass is 19.2. The van der Waals surface area contributed by atoms with Crippen molar-refractivity contribution in [3.8, 4) is 0 Å². The van der Waals surface area contributed by atoms with E-state index >= 15 is 0 Å². The highest BCUT2D eigenvalue weighted by Gasteiger charge is 2.23. The minimum Gasteiger partial charge on any atom is -0.371 e. The van der Waals surface area contributed by atoms with E-state index in [0.29, 0.717) is 19.7 Å². The molecule has 0 bridgehead atoms. The quantitative estimate of drug-likeness (QED) is 0.771. The molecule has 9 heteroatoms. The van der Waals surface area contributed by atoms with Crippen LogP contribution in [-0.4, -0.2) is 49.5 Å². The van der Waals surface area contributed by atoms with Crippen molar-refractivity contribution in [2.45, 2.75) is 6.10 Å². The van der Waals surface area contributed by atoms with Crippen molar-refractivity contribution in [2.24, 2.45) is 0 Å². The first-order valence-corrected chi connectivity index (χ1v) is 9.02. The number of rotatable bonds is 6. The van der Waals surface area contributed by atoms with Gasteiger partial charge in [-0.1, -0.05) is 12.1 Å². The van der Waals surface area contributed by atoms with E-state index in [1.165, 1.54) is 18.2 Å². The molecule has 1 saturated heterocycles. The molecule has 1 atom stereocenters. The zero-order chi connectivity index (χ0) is 20.8. The van der Waals surface area contributed by atoms with Crippen molar-refractivity contribution < 1.29 is 27.5 Å². The average Bonchev–Trinajstić information content (AvgIpc) is 2.70. The molecule has 29 heavy (non-hydrogen) atoms. The van der Waals surface area contributed by atoms with Crippen LogP contribution in [0.15, 0.2) is 42.5 Å². The molecule has 0 spiro atoms. The average molecular weight is 407 g/mol. The molecule has 0 aromatic heterocycles. The standard InChI is InChI=1S/C20H20F3N3O3/c21-14-3-1-13(2-4-14)18-11-26(7-8-29-18)12-20(28)24-10-19(27)25-15-5-6-16(22)17(23)9-15/h1-6,9,18H,7-8,10-12H2,(H,24,28)(H,25,27). The predicted octanol–water partition coefficient (Wildman–Crippen LogP) is 2.23. The lowest BCUT2D eigenvalue weighted by atomic mass is 10.1. The molecule has 2 aromatic rings. The van der Waals surface area contributed by atoms with E-state index in [9.17, 15) is 22.8 Å². The highest BCUT2D eigenvalue weighted by molar-refractivity contribution is 5.94. The normalized spacial score (nSPS) is 17.0. The number of hydrogen-bond acceptors (Lipinski definition) is 4. The van der Waals surface area contributed by atoms with Crippen molar-refractivity contribution in [1.29, 1.82) is 0 Å². The topological polar surface area (TPSA) is 70.7 Å². The maximum atomic E-state index is 13.1. The Labute approximate surface area is 165 Å². The molecular weight excluding hydrogens is 387 g/mol. The fourth-order valence-corrected chi connectivity index (χ4v) is 2.94. The minimum absolute atomic E-state index is 0.0690. The van der Waals surface area contributed by atoms with E-state index in [-0.39, 0.29) is 36.6 Å². The third-order valence-electron chi connectivity index (χ3n) is 4.41. The number of benzene rings is 2. The summed E-state index contributed by atoms with van der Waals surface area (Å²) in [6, 6.07) is 8.99. The fraction of sp³-hybridized carbons (Fsp3) is 0.300. The number of carbonyl (C=O) groups is 2. The van der Waals surface area contributed by atoms with Crippen molar-refractivity contribution in [1.82, 2.24) is 10.2 Å². The maximum Gasteiger partial charge on any atom is 0.243 e. The van der Waals surface area contributed by atoms with Crippen LogP contribution in [0.25, 0.3) is 0 Å². The molecule has 0 aliphatic carbocycles. The molecule has 3 rings (SSSR count). The zero-order valence-corrected chi connectivity index (χ0v) is 15.5. The van der Waals surface area contributed by atoms with Crippen LogP contribution >= 0.6 is 0 Å². The van der Waals surface area contributed by atoms with Gasteiger partial charge in [-0.05, 0) is 29.8 Å². The summed E-state index contributed by atoms with van der Waals surface area (Å²) in [5.74, 6) is -3.33. The summed E-state index contributed by atoms with van der Waals surface area (Å²) in [5, 5.41) is 4.86. The lowest BCUT2D eigenvalue weighted by Gasteiger charge is -2.32. The summed E-state index contributed by atoms with van der Waals surface area (Å²) in [4.78, 5) is 25.9. The molecule has 2 amide bonds. The molecule has 6 nitrogen and oxygen atoms in total. The molecule has 2 N–H and O–H groups in total. The van der Waals surface area contributed by atoms with Gasteiger partial charge < -0.3 is 15.4 Å².